The number of benzene rings is 2. The molecule has 0 aliphatic heterocycles. The molecule has 2 aromatic rings. The van der Waals surface area contributed by atoms with Crippen molar-refractivity contribution in [1.82, 2.24) is 0 Å². The van der Waals surface area contributed by atoms with Crippen LogP contribution in [0.25, 0.3) is 6.08 Å². The van der Waals surface area contributed by atoms with Crippen LogP contribution in [-0.4, -0.2) is 10.7 Å². The van der Waals surface area contributed by atoms with Gasteiger partial charge in [-0.25, -0.2) is 0 Å². The summed E-state index contributed by atoms with van der Waals surface area (Å²) < 4.78 is 0. The Bertz CT molecular complexity index is 850. The van der Waals surface area contributed by atoms with Crippen LogP contribution in [0.15, 0.2) is 42.0 Å². The minimum atomic E-state index is -0.424. The summed E-state index contributed by atoms with van der Waals surface area (Å²) in [6.45, 7) is 4.02. The van der Waals surface area contributed by atoms with Crippen molar-refractivity contribution in [2.75, 3.05) is 0 Å². The lowest BCUT2D eigenvalue weighted by molar-refractivity contribution is -0.384. The minimum absolute atomic E-state index is 0.0320. The molecule has 4 nitrogen and oxygen atoms in total. The first-order chi connectivity index (χ1) is 11.0. The Hall–Kier alpha value is -2.75. The first kappa shape index (κ1) is 15.2. The van der Waals surface area contributed by atoms with Gasteiger partial charge in [-0.05, 0) is 55.5 Å². The van der Waals surface area contributed by atoms with Gasteiger partial charge in [-0.2, -0.15) is 0 Å². The van der Waals surface area contributed by atoms with Crippen LogP contribution in [0.2, 0.25) is 0 Å². The number of ketones is 1. The number of hydrogen-bond acceptors (Lipinski definition) is 3. The predicted octanol–water partition coefficient (Wildman–Crippen LogP) is 4.42. The Morgan fingerprint density at radius 3 is 2.65 bits per heavy atom. The molecular weight excluding hydrogens is 290 g/mol. The van der Waals surface area contributed by atoms with E-state index in [9.17, 15) is 14.9 Å². The molecule has 0 bridgehead atoms. The molecule has 23 heavy (non-hydrogen) atoms. The number of nitro groups is 1. The van der Waals surface area contributed by atoms with Crippen molar-refractivity contribution in [3.05, 3.63) is 79.9 Å². The maximum absolute atomic E-state index is 12.7. The fourth-order valence-electron chi connectivity index (χ4n) is 3.15. The normalized spacial score (nSPS) is 15.6. The first-order valence-corrected chi connectivity index (χ1v) is 7.55. The van der Waals surface area contributed by atoms with E-state index in [-0.39, 0.29) is 11.5 Å². The highest BCUT2D eigenvalue weighted by molar-refractivity contribution is 6.13. The largest absolute Gasteiger partial charge is 0.289 e. The van der Waals surface area contributed by atoms with Gasteiger partial charge in [0.15, 0.2) is 5.78 Å². The van der Waals surface area contributed by atoms with Crippen molar-refractivity contribution >= 4 is 17.5 Å². The molecule has 0 spiro atoms. The first-order valence-electron chi connectivity index (χ1n) is 7.55. The maximum atomic E-state index is 12.7. The van der Waals surface area contributed by atoms with Crippen LogP contribution in [0.1, 0.15) is 39.0 Å². The zero-order valence-electron chi connectivity index (χ0n) is 13.1. The average molecular weight is 307 g/mol. The van der Waals surface area contributed by atoms with E-state index < -0.39 is 4.92 Å². The molecule has 0 saturated carbocycles. The summed E-state index contributed by atoms with van der Waals surface area (Å²) in [4.78, 5) is 23.2. The van der Waals surface area contributed by atoms with Gasteiger partial charge in [-0.3, -0.25) is 14.9 Å². The van der Waals surface area contributed by atoms with E-state index in [1.807, 2.05) is 19.9 Å². The van der Waals surface area contributed by atoms with Gasteiger partial charge in [-0.15, -0.1) is 0 Å². The maximum Gasteiger partial charge on any atom is 0.270 e. The standard InChI is InChI=1S/C19H17NO3/c1-12-8-13(2)17-7-6-15(19(21)18(17)9-12)10-14-4-3-5-16(11-14)20(22)23/h3-5,8-11H,6-7H2,1-2H3/b15-10+. The second kappa shape index (κ2) is 5.80. The SMILES string of the molecule is Cc1cc(C)c2c(c1)C(=O)/C(=C/c1cccc([N+](=O)[O-])c1)CC2. The predicted molar refractivity (Wildman–Crippen MR) is 89.6 cm³/mol. The van der Waals surface area contributed by atoms with Crippen molar-refractivity contribution in [1.29, 1.82) is 0 Å². The smallest absolute Gasteiger partial charge is 0.270 e. The highest BCUT2D eigenvalue weighted by Crippen LogP contribution is 2.30. The van der Waals surface area contributed by atoms with Gasteiger partial charge < -0.3 is 0 Å². The summed E-state index contributed by atoms with van der Waals surface area (Å²) in [6, 6.07) is 10.4. The van der Waals surface area contributed by atoms with Gasteiger partial charge >= 0.3 is 0 Å². The van der Waals surface area contributed by atoms with Crippen molar-refractivity contribution < 1.29 is 9.72 Å². The second-order valence-electron chi connectivity index (χ2n) is 5.96. The zero-order valence-corrected chi connectivity index (χ0v) is 13.1. The molecule has 0 saturated heterocycles. The number of rotatable bonds is 2. The van der Waals surface area contributed by atoms with E-state index >= 15 is 0 Å². The molecule has 0 N–H and O–H groups in total. The van der Waals surface area contributed by atoms with Gasteiger partial charge in [0.25, 0.3) is 5.69 Å². The molecule has 0 aromatic heterocycles. The Morgan fingerprint density at radius 2 is 1.91 bits per heavy atom. The van der Waals surface area contributed by atoms with Crippen LogP contribution in [0, 0.1) is 24.0 Å². The zero-order chi connectivity index (χ0) is 16.6. The van der Waals surface area contributed by atoms with Crippen LogP contribution in [0.3, 0.4) is 0 Å². The quantitative estimate of drug-likeness (QED) is 0.468. The van der Waals surface area contributed by atoms with Gasteiger partial charge in [0.1, 0.15) is 0 Å². The number of allylic oxidation sites excluding steroid dienone is 1. The summed E-state index contributed by atoms with van der Waals surface area (Å²) in [6.07, 6.45) is 3.27. The molecule has 0 radical (unpaired) electrons. The van der Waals surface area contributed by atoms with Crippen LogP contribution in [0.5, 0.6) is 0 Å². The summed E-state index contributed by atoms with van der Waals surface area (Å²) in [5, 5.41) is 10.9. The van der Waals surface area contributed by atoms with Crippen LogP contribution >= 0.6 is 0 Å². The summed E-state index contributed by atoms with van der Waals surface area (Å²) in [5.74, 6) is 0.0320. The van der Waals surface area contributed by atoms with E-state index in [0.717, 1.165) is 28.7 Å². The van der Waals surface area contributed by atoms with Crippen molar-refractivity contribution in [2.45, 2.75) is 26.7 Å². The Morgan fingerprint density at radius 1 is 1.13 bits per heavy atom. The summed E-state index contributed by atoms with van der Waals surface area (Å²) in [7, 11) is 0. The van der Waals surface area contributed by atoms with E-state index in [2.05, 4.69) is 6.07 Å². The van der Waals surface area contributed by atoms with Crippen LogP contribution < -0.4 is 0 Å². The minimum Gasteiger partial charge on any atom is -0.289 e. The van der Waals surface area contributed by atoms with E-state index in [4.69, 9.17) is 0 Å². The molecule has 0 unspecified atom stereocenters. The number of carbonyl (C=O) groups excluding carboxylic acids is 1. The number of carbonyl (C=O) groups is 1. The molecule has 1 aliphatic rings. The average Bonchev–Trinajstić information content (AvgIpc) is 2.51. The fourth-order valence-corrected chi connectivity index (χ4v) is 3.15. The van der Waals surface area contributed by atoms with Crippen LogP contribution in [0.4, 0.5) is 5.69 Å². The van der Waals surface area contributed by atoms with Crippen molar-refractivity contribution in [3.63, 3.8) is 0 Å². The number of non-ortho nitro benzene ring substituents is 1. The van der Waals surface area contributed by atoms with Gasteiger partial charge in [-0.1, -0.05) is 23.8 Å². The number of aryl methyl sites for hydroxylation is 2. The summed E-state index contributed by atoms with van der Waals surface area (Å²) >= 11 is 0. The number of hydrogen-bond donors (Lipinski definition) is 0. The van der Waals surface area contributed by atoms with Gasteiger partial charge in [0, 0.05) is 23.3 Å². The number of Topliss-reactive ketones (excluding diaryl/α,β-unsaturated/α-hetero) is 1. The lowest BCUT2D eigenvalue weighted by Crippen LogP contribution is -2.15. The van der Waals surface area contributed by atoms with E-state index in [1.165, 1.54) is 12.1 Å². The fraction of sp³-hybridized carbons (Fsp3) is 0.211. The highest BCUT2D eigenvalue weighted by atomic mass is 16.6. The third kappa shape index (κ3) is 2.93. The third-order valence-corrected chi connectivity index (χ3v) is 4.22. The third-order valence-electron chi connectivity index (χ3n) is 4.22. The number of nitro benzene ring substituents is 1. The lowest BCUT2D eigenvalue weighted by Gasteiger charge is -2.20. The molecule has 4 heteroatoms. The topological polar surface area (TPSA) is 60.2 Å². The van der Waals surface area contributed by atoms with Crippen LogP contribution in [-0.2, 0) is 6.42 Å². The molecule has 0 amide bonds. The Kier molecular flexibility index (Phi) is 3.82. The monoisotopic (exact) mass is 307 g/mol. The molecule has 3 rings (SSSR count). The van der Waals surface area contributed by atoms with E-state index in [1.54, 1.807) is 18.2 Å². The Labute approximate surface area is 134 Å². The van der Waals surface area contributed by atoms with E-state index in [0.29, 0.717) is 17.6 Å². The highest BCUT2D eigenvalue weighted by Gasteiger charge is 2.23. The molecule has 1 aliphatic carbocycles. The van der Waals surface area contributed by atoms with Crippen molar-refractivity contribution in [2.24, 2.45) is 0 Å². The van der Waals surface area contributed by atoms with Crippen molar-refractivity contribution in [3.8, 4) is 0 Å². The second-order valence-corrected chi connectivity index (χ2v) is 5.96. The molecule has 0 atom stereocenters. The molecule has 116 valence electrons. The molecule has 2 aromatic carbocycles. The molecule has 0 fully saturated rings. The number of fused-ring (bicyclic) bond motifs is 1. The Balaban J connectivity index is 2.01. The van der Waals surface area contributed by atoms with Gasteiger partial charge in [0.2, 0.25) is 0 Å². The summed E-state index contributed by atoms with van der Waals surface area (Å²) in [5.41, 5.74) is 5.56. The lowest BCUT2D eigenvalue weighted by atomic mass is 9.83. The van der Waals surface area contributed by atoms with Gasteiger partial charge in [0.05, 0.1) is 4.92 Å². The molecule has 0 heterocycles. The molecular formula is C19H17NO3. The number of nitrogens with zero attached hydrogens (tertiary/aromatic N) is 1.